The Hall–Kier alpha value is -1.85. The lowest BCUT2D eigenvalue weighted by Crippen LogP contribution is -2.20. The number of ether oxygens (including phenoxy) is 1. The minimum atomic E-state index is -1.04. The lowest BCUT2D eigenvalue weighted by Gasteiger charge is -2.27. The summed E-state index contributed by atoms with van der Waals surface area (Å²) in [6.45, 7) is 3.67. The molecule has 0 saturated carbocycles. The molecule has 1 rings (SSSR count). The van der Waals surface area contributed by atoms with Gasteiger partial charge in [0.25, 0.3) is 0 Å². The second-order valence-corrected chi connectivity index (χ2v) is 5.04. The van der Waals surface area contributed by atoms with Gasteiger partial charge in [0.05, 0.1) is 12.7 Å². The van der Waals surface area contributed by atoms with Gasteiger partial charge in [-0.2, -0.15) is 0 Å². The maximum Gasteiger partial charge on any atom is 0.327 e. The summed E-state index contributed by atoms with van der Waals surface area (Å²) in [7, 11) is 0. The van der Waals surface area contributed by atoms with E-state index < -0.39 is 17.5 Å². The molecule has 3 N–H and O–H groups in total. The highest BCUT2D eigenvalue weighted by atomic mass is 16.5. The highest BCUT2D eigenvalue weighted by Gasteiger charge is 2.26. The van der Waals surface area contributed by atoms with Crippen LogP contribution in [0.15, 0.2) is 36.4 Å². The molecule has 0 aliphatic heterocycles. The van der Waals surface area contributed by atoms with E-state index in [0.717, 1.165) is 6.08 Å². The molecule has 20 heavy (non-hydrogen) atoms. The molecule has 0 aliphatic carbocycles. The van der Waals surface area contributed by atoms with E-state index in [1.54, 1.807) is 38.1 Å². The number of aliphatic hydroxyl groups is 2. The molecular formula is C15H20O5. The molecule has 0 heterocycles. The molecule has 1 atom stereocenters. The number of benzene rings is 1. The van der Waals surface area contributed by atoms with Crippen LogP contribution in [0.4, 0.5) is 0 Å². The van der Waals surface area contributed by atoms with Crippen LogP contribution in [0.3, 0.4) is 0 Å². The number of carboxylic acid groups (broad SMARTS) is 1. The fraction of sp³-hybridized carbons (Fsp3) is 0.400. The van der Waals surface area contributed by atoms with E-state index >= 15 is 0 Å². The Labute approximate surface area is 118 Å². The molecule has 0 fully saturated rings. The Bertz CT molecular complexity index is 462. The van der Waals surface area contributed by atoms with Crippen molar-refractivity contribution in [1.82, 2.24) is 0 Å². The van der Waals surface area contributed by atoms with Gasteiger partial charge >= 0.3 is 5.97 Å². The smallest absolute Gasteiger partial charge is 0.327 e. The van der Waals surface area contributed by atoms with Crippen molar-refractivity contribution in [1.29, 1.82) is 0 Å². The van der Waals surface area contributed by atoms with Crippen LogP contribution in [0.2, 0.25) is 0 Å². The van der Waals surface area contributed by atoms with E-state index in [9.17, 15) is 9.90 Å². The number of hydrogen-bond acceptors (Lipinski definition) is 4. The summed E-state index contributed by atoms with van der Waals surface area (Å²) in [5.74, 6) is -0.438. The van der Waals surface area contributed by atoms with Crippen molar-refractivity contribution in [3.63, 3.8) is 0 Å². The summed E-state index contributed by atoms with van der Waals surface area (Å²) >= 11 is 0. The average molecular weight is 280 g/mol. The molecule has 0 radical (unpaired) electrons. The number of aliphatic hydroxyl groups excluding tert-OH is 2. The summed E-state index contributed by atoms with van der Waals surface area (Å²) < 4.78 is 5.23. The van der Waals surface area contributed by atoms with Gasteiger partial charge < -0.3 is 20.1 Å². The molecule has 110 valence electrons. The number of aliphatic carboxylic acids is 1. The third-order valence-corrected chi connectivity index (χ3v) is 2.92. The van der Waals surface area contributed by atoms with Gasteiger partial charge in [0.15, 0.2) is 0 Å². The van der Waals surface area contributed by atoms with E-state index in [1.807, 2.05) is 0 Å². The maximum atomic E-state index is 10.5. The first-order valence-corrected chi connectivity index (χ1v) is 6.30. The third kappa shape index (κ3) is 4.68. The zero-order valence-corrected chi connectivity index (χ0v) is 11.6. The monoisotopic (exact) mass is 280 g/mol. The zero-order chi connectivity index (χ0) is 15.2. The van der Waals surface area contributed by atoms with Crippen LogP contribution in [0.25, 0.3) is 0 Å². The van der Waals surface area contributed by atoms with Crippen LogP contribution < -0.4 is 4.74 Å². The quantitative estimate of drug-likeness (QED) is 0.662. The fourth-order valence-electron chi connectivity index (χ4n) is 1.72. The van der Waals surface area contributed by atoms with E-state index in [4.69, 9.17) is 14.9 Å². The van der Waals surface area contributed by atoms with E-state index in [2.05, 4.69) is 0 Å². The molecule has 0 bridgehead atoms. The Kier molecular flexibility index (Phi) is 5.73. The molecule has 0 unspecified atom stereocenters. The molecule has 0 saturated heterocycles. The summed E-state index contributed by atoms with van der Waals surface area (Å²) in [5, 5.41) is 27.6. The van der Waals surface area contributed by atoms with Crippen molar-refractivity contribution >= 4 is 5.97 Å². The van der Waals surface area contributed by atoms with E-state index in [0.29, 0.717) is 11.3 Å². The summed E-state index contributed by atoms with van der Waals surface area (Å²) in [6.07, 6.45) is 1.67. The molecule has 1 aromatic carbocycles. The van der Waals surface area contributed by atoms with Crippen molar-refractivity contribution in [2.75, 3.05) is 13.2 Å². The molecular weight excluding hydrogens is 260 g/mol. The van der Waals surface area contributed by atoms with Crippen LogP contribution in [0.1, 0.15) is 25.5 Å². The van der Waals surface area contributed by atoms with Crippen LogP contribution in [0, 0.1) is 5.41 Å². The predicted octanol–water partition coefficient (Wildman–Crippen LogP) is 1.76. The molecule has 0 aliphatic rings. The van der Waals surface area contributed by atoms with Crippen LogP contribution in [-0.4, -0.2) is 34.5 Å². The standard InChI is InChI=1S/C15H20O5/c1-15(2,8-7-13(17)18)14(19)11-3-5-12(6-4-11)20-10-9-16/h3-8,14,16,19H,9-10H2,1-2H3,(H,17,18)/b8-7+/t14-/m0/s1. The molecule has 5 heteroatoms. The number of rotatable bonds is 7. The van der Waals surface area contributed by atoms with Crippen molar-refractivity contribution < 1.29 is 24.9 Å². The lowest BCUT2D eigenvalue weighted by atomic mass is 9.82. The summed E-state index contributed by atoms with van der Waals surface area (Å²) in [4.78, 5) is 10.5. The highest BCUT2D eigenvalue weighted by Crippen LogP contribution is 2.35. The third-order valence-electron chi connectivity index (χ3n) is 2.92. The normalized spacial score (nSPS) is 13.4. The first-order chi connectivity index (χ1) is 9.36. The average Bonchev–Trinajstić information content (AvgIpc) is 2.43. The van der Waals surface area contributed by atoms with Gasteiger partial charge in [-0.1, -0.05) is 32.1 Å². The van der Waals surface area contributed by atoms with Gasteiger partial charge in [0, 0.05) is 11.5 Å². The Morgan fingerprint density at radius 1 is 1.35 bits per heavy atom. The molecule has 1 aromatic rings. The van der Waals surface area contributed by atoms with Gasteiger partial charge in [-0.25, -0.2) is 4.79 Å². The van der Waals surface area contributed by atoms with Crippen molar-refractivity contribution in [3.8, 4) is 5.75 Å². The van der Waals surface area contributed by atoms with Crippen molar-refractivity contribution in [2.24, 2.45) is 5.41 Å². The van der Waals surface area contributed by atoms with Gasteiger partial charge in [-0.05, 0) is 17.7 Å². The number of carbonyl (C=O) groups is 1. The lowest BCUT2D eigenvalue weighted by molar-refractivity contribution is -0.131. The second kappa shape index (κ2) is 7.07. The van der Waals surface area contributed by atoms with Gasteiger partial charge in [-0.15, -0.1) is 0 Å². The largest absolute Gasteiger partial charge is 0.491 e. The maximum absolute atomic E-state index is 10.5. The Morgan fingerprint density at radius 2 is 1.95 bits per heavy atom. The summed E-state index contributed by atoms with van der Waals surface area (Å²) in [5.41, 5.74) is -0.0346. The number of hydrogen-bond donors (Lipinski definition) is 3. The molecule has 0 aromatic heterocycles. The zero-order valence-electron chi connectivity index (χ0n) is 11.6. The van der Waals surface area contributed by atoms with Crippen LogP contribution in [-0.2, 0) is 4.79 Å². The second-order valence-electron chi connectivity index (χ2n) is 5.04. The van der Waals surface area contributed by atoms with Crippen molar-refractivity contribution in [3.05, 3.63) is 42.0 Å². The van der Waals surface area contributed by atoms with Gasteiger partial charge in [0.1, 0.15) is 12.4 Å². The molecule has 5 nitrogen and oxygen atoms in total. The summed E-state index contributed by atoms with van der Waals surface area (Å²) in [6, 6.07) is 6.83. The topological polar surface area (TPSA) is 87.0 Å². The number of carboxylic acids is 1. The highest BCUT2D eigenvalue weighted by molar-refractivity contribution is 5.79. The van der Waals surface area contributed by atoms with Crippen LogP contribution >= 0.6 is 0 Å². The minimum absolute atomic E-state index is 0.0581. The van der Waals surface area contributed by atoms with E-state index in [-0.39, 0.29) is 13.2 Å². The minimum Gasteiger partial charge on any atom is -0.491 e. The predicted molar refractivity (Wildman–Crippen MR) is 74.5 cm³/mol. The van der Waals surface area contributed by atoms with Gasteiger partial charge in [-0.3, -0.25) is 0 Å². The SMILES string of the molecule is CC(C)(/C=C/C(=O)O)[C@@H](O)c1ccc(OCCO)cc1. The fourth-order valence-corrected chi connectivity index (χ4v) is 1.72. The van der Waals surface area contributed by atoms with Crippen molar-refractivity contribution in [2.45, 2.75) is 20.0 Å². The first kappa shape index (κ1) is 16.2. The van der Waals surface area contributed by atoms with Gasteiger partial charge in [0.2, 0.25) is 0 Å². The van der Waals surface area contributed by atoms with E-state index in [1.165, 1.54) is 6.08 Å². The van der Waals surface area contributed by atoms with Crippen LogP contribution in [0.5, 0.6) is 5.75 Å². The Morgan fingerprint density at radius 3 is 2.45 bits per heavy atom. The first-order valence-electron chi connectivity index (χ1n) is 6.30. The molecule has 0 amide bonds. The Balaban J connectivity index is 2.80. The molecule has 0 spiro atoms.